The Kier molecular flexibility index (Phi) is 6.18. The van der Waals surface area contributed by atoms with Crippen LogP contribution in [0, 0.1) is 17.1 Å². The first-order valence-electron chi connectivity index (χ1n) is 8.54. The van der Waals surface area contributed by atoms with Crippen LogP contribution >= 0.6 is 23.4 Å². The van der Waals surface area contributed by atoms with Gasteiger partial charge in [0.1, 0.15) is 11.9 Å². The van der Waals surface area contributed by atoms with Crippen molar-refractivity contribution in [3.05, 3.63) is 58.4 Å². The van der Waals surface area contributed by atoms with Gasteiger partial charge < -0.3 is 5.32 Å². The van der Waals surface area contributed by atoms with Crippen molar-refractivity contribution in [2.45, 2.75) is 42.2 Å². The highest BCUT2D eigenvalue weighted by Crippen LogP contribution is 2.37. The largest absolute Gasteiger partial charge is 0.322 e. The summed E-state index contributed by atoms with van der Waals surface area (Å²) in [4.78, 5) is 13.4. The number of thioether (sulfide) groups is 1. The van der Waals surface area contributed by atoms with Crippen molar-refractivity contribution in [3.63, 3.8) is 0 Å². The molecule has 1 aliphatic carbocycles. The summed E-state index contributed by atoms with van der Waals surface area (Å²) in [5, 5.41) is 12.8. The van der Waals surface area contributed by atoms with Crippen molar-refractivity contribution >= 4 is 35.0 Å². The van der Waals surface area contributed by atoms with E-state index >= 15 is 0 Å². The van der Waals surface area contributed by atoms with Gasteiger partial charge in [0, 0.05) is 21.4 Å². The zero-order valence-electron chi connectivity index (χ0n) is 14.1. The van der Waals surface area contributed by atoms with Gasteiger partial charge in [0.05, 0.1) is 10.6 Å². The Hall–Kier alpha value is -2.03. The van der Waals surface area contributed by atoms with Crippen LogP contribution in [0.2, 0.25) is 5.02 Å². The molecule has 0 aromatic heterocycles. The lowest BCUT2D eigenvalue weighted by Crippen LogP contribution is -2.13. The second kappa shape index (κ2) is 8.57. The number of nitrogens with zero attached hydrogens (tertiary/aromatic N) is 1. The van der Waals surface area contributed by atoms with E-state index in [0.29, 0.717) is 21.5 Å². The number of hydrogen-bond donors (Lipinski definition) is 1. The van der Waals surface area contributed by atoms with E-state index in [2.05, 4.69) is 5.32 Å². The zero-order chi connectivity index (χ0) is 18.5. The molecule has 26 heavy (non-hydrogen) atoms. The normalized spacial score (nSPS) is 14.7. The molecule has 1 N–H and O–H groups in total. The van der Waals surface area contributed by atoms with Crippen LogP contribution in [-0.2, 0) is 0 Å². The maximum atomic E-state index is 13.4. The minimum atomic E-state index is -0.608. The van der Waals surface area contributed by atoms with E-state index in [1.165, 1.54) is 50.3 Å². The van der Waals surface area contributed by atoms with Gasteiger partial charge in [0.25, 0.3) is 5.91 Å². The fourth-order valence-electron chi connectivity index (χ4n) is 2.99. The molecule has 2 aromatic rings. The molecule has 3 rings (SSSR count). The van der Waals surface area contributed by atoms with E-state index in [-0.39, 0.29) is 11.5 Å². The molecule has 0 saturated heterocycles. The molecule has 3 nitrogen and oxygen atoms in total. The van der Waals surface area contributed by atoms with Crippen LogP contribution in [0.1, 0.15) is 48.0 Å². The van der Waals surface area contributed by atoms with Gasteiger partial charge in [-0.1, -0.05) is 30.9 Å². The number of hydrogen-bond acceptors (Lipinski definition) is 3. The standard InChI is InChI=1S/C20H18ClFN2OS/c21-17-8-6-13(11-19(17)26-16-4-2-1-3-5-16)20(25)24-15-7-9-18(22)14(10-15)12-23/h6-11,16H,1-5H2,(H,24,25). The highest BCUT2D eigenvalue weighted by atomic mass is 35.5. The first-order chi connectivity index (χ1) is 12.6. The maximum Gasteiger partial charge on any atom is 0.255 e. The molecule has 0 aliphatic heterocycles. The fourth-order valence-corrected chi connectivity index (χ4v) is 4.54. The number of anilines is 1. The van der Waals surface area contributed by atoms with Gasteiger partial charge in [-0.3, -0.25) is 4.79 Å². The van der Waals surface area contributed by atoms with Crippen molar-refractivity contribution in [1.82, 2.24) is 0 Å². The maximum absolute atomic E-state index is 13.4. The summed E-state index contributed by atoms with van der Waals surface area (Å²) in [5.74, 6) is -0.925. The molecule has 0 radical (unpaired) electrons. The van der Waals surface area contributed by atoms with Crippen molar-refractivity contribution in [2.75, 3.05) is 5.32 Å². The molecular weight excluding hydrogens is 371 g/mol. The molecule has 0 heterocycles. The molecule has 0 unspecified atom stereocenters. The summed E-state index contributed by atoms with van der Waals surface area (Å²) in [6, 6.07) is 10.9. The number of benzene rings is 2. The smallest absolute Gasteiger partial charge is 0.255 e. The number of amides is 1. The lowest BCUT2D eigenvalue weighted by molar-refractivity contribution is 0.102. The van der Waals surface area contributed by atoms with Gasteiger partial charge in [-0.25, -0.2) is 4.39 Å². The van der Waals surface area contributed by atoms with E-state index in [9.17, 15) is 9.18 Å². The average molecular weight is 389 g/mol. The number of nitriles is 1. The highest BCUT2D eigenvalue weighted by molar-refractivity contribution is 8.00. The molecule has 134 valence electrons. The third-order valence-electron chi connectivity index (χ3n) is 4.38. The number of carbonyl (C=O) groups excluding carboxylic acids is 1. The Bertz CT molecular complexity index is 859. The summed E-state index contributed by atoms with van der Waals surface area (Å²) in [6.45, 7) is 0. The Morgan fingerprint density at radius 3 is 2.69 bits per heavy atom. The number of carbonyl (C=O) groups is 1. The van der Waals surface area contributed by atoms with E-state index in [1.54, 1.807) is 36.0 Å². The summed E-state index contributed by atoms with van der Waals surface area (Å²) < 4.78 is 13.4. The Balaban J connectivity index is 1.75. The van der Waals surface area contributed by atoms with Crippen LogP contribution < -0.4 is 5.32 Å². The van der Waals surface area contributed by atoms with Crippen LogP contribution in [0.25, 0.3) is 0 Å². The molecular formula is C20H18ClFN2OS. The van der Waals surface area contributed by atoms with Crippen LogP contribution in [0.5, 0.6) is 0 Å². The summed E-state index contributed by atoms with van der Waals surface area (Å²) in [5.41, 5.74) is 0.757. The molecule has 0 bridgehead atoms. The lowest BCUT2D eigenvalue weighted by atomic mass is 10.0. The van der Waals surface area contributed by atoms with Gasteiger partial charge in [0.2, 0.25) is 0 Å². The molecule has 0 spiro atoms. The fraction of sp³-hybridized carbons (Fsp3) is 0.300. The third kappa shape index (κ3) is 4.57. The zero-order valence-corrected chi connectivity index (χ0v) is 15.7. The van der Waals surface area contributed by atoms with E-state index in [1.807, 2.05) is 0 Å². The lowest BCUT2D eigenvalue weighted by Gasteiger charge is -2.21. The van der Waals surface area contributed by atoms with Gasteiger partial charge in [-0.2, -0.15) is 5.26 Å². The van der Waals surface area contributed by atoms with Gasteiger partial charge in [-0.15, -0.1) is 11.8 Å². The molecule has 1 aliphatic rings. The number of nitrogens with one attached hydrogen (secondary N) is 1. The molecule has 6 heteroatoms. The SMILES string of the molecule is N#Cc1cc(NC(=O)c2ccc(Cl)c(SC3CCCCC3)c2)ccc1F. The Morgan fingerprint density at radius 1 is 1.19 bits per heavy atom. The quantitative estimate of drug-likeness (QED) is 0.695. The highest BCUT2D eigenvalue weighted by Gasteiger charge is 2.17. The Labute approximate surface area is 161 Å². The number of halogens is 2. The number of rotatable bonds is 4. The average Bonchev–Trinajstić information content (AvgIpc) is 2.66. The van der Waals surface area contributed by atoms with E-state index < -0.39 is 5.82 Å². The minimum absolute atomic E-state index is 0.104. The van der Waals surface area contributed by atoms with Crippen molar-refractivity contribution in [2.24, 2.45) is 0 Å². The molecule has 1 saturated carbocycles. The van der Waals surface area contributed by atoms with Crippen molar-refractivity contribution < 1.29 is 9.18 Å². The van der Waals surface area contributed by atoms with Crippen molar-refractivity contribution in [1.29, 1.82) is 5.26 Å². The Morgan fingerprint density at radius 2 is 1.96 bits per heavy atom. The van der Waals surface area contributed by atoms with Crippen LogP contribution in [0.15, 0.2) is 41.3 Å². The molecule has 2 aromatic carbocycles. The van der Waals surface area contributed by atoms with Crippen molar-refractivity contribution in [3.8, 4) is 6.07 Å². The van der Waals surface area contributed by atoms with E-state index in [0.717, 1.165) is 4.90 Å². The molecule has 1 fully saturated rings. The van der Waals surface area contributed by atoms with Crippen LogP contribution in [0.3, 0.4) is 0 Å². The van der Waals surface area contributed by atoms with Gasteiger partial charge in [-0.05, 0) is 49.2 Å². The second-order valence-corrected chi connectivity index (χ2v) is 8.03. The van der Waals surface area contributed by atoms with E-state index in [4.69, 9.17) is 16.9 Å². The first kappa shape index (κ1) is 18.8. The van der Waals surface area contributed by atoms with Gasteiger partial charge >= 0.3 is 0 Å². The monoisotopic (exact) mass is 388 g/mol. The second-order valence-electron chi connectivity index (χ2n) is 6.28. The summed E-state index contributed by atoms with van der Waals surface area (Å²) in [7, 11) is 0. The third-order valence-corrected chi connectivity index (χ3v) is 6.22. The molecule has 1 amide bonds. The predicted octanol–water partition coefficient (Wildman–Crippen LogP) is 6.03. The predicted molar refractivity (Wildman–Crippen MR) is 103 cm³/mol. The summed E-state index contributed by atoms with van der Waals surface area (Å²) >= 11 is 8.04. The summed E-state index contributed by atoms with van der Waals surface area (Å²) in [6.07, 6.45) is 6.10. The molecule has 0 atom stereocenters. The minimum Gasteiger partial charge on any atom is -0.322 e. The van der Waals surface area contributed by atoms with Gasteiger partial charge in [0.15, 0.2) is 0 Å². The first-order valence-corrected chi connectivity index (χ1v) is 9.80. The van der Waals surface area contributed by atoms with Crippen LogP contribution in [-0.4, -0.2) is 11.2 Å². The van der Waals surface area contributed by atoms with Crippen LogP contribution in [0.4, 0.5) is 10.1 Å². The topological polar surface area (TPSA) is 52.9 Å².